The first-order valence-electron chi connectivity index (χ1n) is 12.5. The van der Waals surface area contributed by atoms with Crippen LogP contribution in [-0.2, 0) is 9.59 Å². The summed E-state index contributed by atoms with van der Waals surface area (Å²) in [7, 11) is 0. The molecule has 3 aromatic rings. The zero-order valence-corrected chi connectivity index (χ0v) is 21.4. The fourth-order valence-electron chi connectivity index (χ4n) is 3.92. The van der Waals surface area contributed by atoms with E-state index in [0.29, 0.717) is 48.5 Å². The van der Waals surface area contributed by atoms with Crippen LogP contribution in [0.5, 0.6) is 17.2 Å². The Morgan fingerprint density at radius 2 is 1.59 bits per heavy atom. The second-order valence-electron chi connectivity index (χ2n) is 8.69. The lowest BCUT2D eigenvalue weighted by Gasteiger charge is -2.14. The Labute approximate surface area is 217 Å². The van der Waals surface area contributed by atoms with Crippen LogP contribution < -0.4 is 24.6 Å². The minimum Gasteiger partial charge on any atom is -0.490 e. The molecule has 3 aromatic carbocycles. The number of para-hydroxylation sites is 1. The second kappa shape index (κ2) is 12.1. The minimum absolute atomic E-state index is 0.0488. The first-order chi connectivity index (χ1) is 18.0. The summed E-state index contributed by atoms with van der Waals surface area (Å²) in [6, 6.07) is 22.4. The van der Waals surface area contributed by atoms with E-state index in [4.69, 9.17) is 14.2 Å². The third-order valence-electron chi connectivity index (χ3n) is 6.16. The van der Waals surface area contributed by atoms with Gasteiger partial charge in [-0.1, -0.05) is 50.2 Å². The van der Waals surface area contributed by atoms with Crippen molar-refractivity contribution in [2.45, 2.75) is 33.1 Å². The predicted octanol–water partition coefficient (Wildman–Crippen LogP) is 5.52. The lowest BCUT2D eigenvalue weighted by molar-refractivity contribution is -0.117. The molecule has 2 amide bonds. The number of hydrazine groups is 1. The van der Waals surface area contributed by atoms with Crippen LogP contribution in [0.25, 0.3) is 6.08 Å². The van der Waals surface area contributed by atoms with Gasteiger partial charge in [-0.25, -0.2) is 5.01 Å². The van der Waals surface area contributed by atoms with Crippen molar-refractivity contribution >= 4 is 23.6 Å². The number of amides is 2. The maximum Gasteiger partial charge on any atom is 0.282 e. The van der Waals surface area contributed by atoms with E-state index in [1.54, 1.807) is 48.5 Å². The van der Waals surface area contributed by atoms with Crippen molar-refractivity contribution < 1.29 is 23.8 Å². The van der Waals surface area contributed by atoms with Gasteiger partial charge in [-0.2, -0.15) is 0 Å². The number of hydrogen-bond donors (Lipinski definition) is 1. The van der Waals surface area contributed by atoms with Gasteiger partial charge in [-0.3, -0.25) is 15.0 Å². The van der Waals surface area contributed by atoms with E-state index in [2.05, 4.69) is 31.4 Å². The molecule has 1 heterocycles. The lowest BCUT2D eigenvalue weighted by atomic mass is 9.99. The molecule has 1 saturated heterocycles. The zero-order valence-electron chi connectivity index (χ0n) is 21.4. The van der Waals surface area contributed by atoms with Crippen LogP contribution in [0.1, 0.15) is 44.2 Å². The molecule has 192 valence electrons. The van der Waals surface area contributed by atoms with E-state index in [-0.39, 0.29) is 5.57 Å². The number of carbonyl (C=O) groups excluding carboxylic acids is 2. The van der Waals surface area contributed by atoms with Crippen LogP contribution in [0.3, 0.4) is 0 Å². The molecular formula is C30H32N2O5. The van der Waals surface area contributed by atoms with Gasteiger partial charge in [0.25, 0.3) is 11.8 Å². The molecule has 1 aliphatic rings. The first kappa shape index (κ1) is 25.8. The maximum absolute atomic E-state index is 12.9. The molecule has 4 rings (SSSR count). The molecule has 1 N–H and O–H groups in total. The SMILES string of the molecule is CCOc1cc(/C=C2\C(=O)NN(c3ccccc3)C2=O)ccc1OCCOc1ccc(C(C)CC)cc1. The molecule has 7 heteroatoms. The van der Waals surface area contributed by atoms with E-state index in [1.807, 2.05) is 25.1 Å². The number of nitrogens with one attached hydrogen (secondary N) is 1. The summed E-state index contributed by atoms with van der Waals surface area (Å²) in [6.07, 6.45) is 2.65. The van der Waals surface area contributed by atoms with Crippen molar-refractivity contribution in [3.8, 4) is 17.2 Å². The Morgan fingerprint density at radius 3 is 2.30 bits per heavy atom. The van der Waals surface area contributed by atoms with Gasteiger partial charge in [0.1, 0.15) is 24.5 Å². The summed E-state index contributed by atoms with van der Waals surface area (Å²) < 4.78 is 17.5. The molecule has 1 aliphatic heterocycles. The van der Waals surface area contributed by atoms with Crippen LogP contribution in [-0.4, -0.2) is 31.6 Å². The summed E-state index contributed by atoms with van der Waals surface area (Å²) in [5.74, 6) is 1.54. The lowest BCUT2D eigenvalue weighted by Crippen LogP contribution is -2.35. The number of rotatable bonds is 11. The van der Waals surface area contributed by atoms with Crippen molar-refractivity contribution in [3.63, 3.8) is 0 Å². The number of benzene rings is 3. The van der Waals surface area contributed by atoms with Crippen molar-refractivity contribution in [1.29, 1.82) is 0 Å². The van der Waals surface area contributed by atoms with Crippen molar-refractivity contribution in [2.75, 3.05) is 24.8 Å². The Morgan fingerprint density at radius 1 is 0.865 bits per heavy atom. The van der Waals surface area contributed by atoms with Gasteiger partial charge in [-0.15, -0.1) is 0 Å². The summed E-state index contributed by atoms with van der Waals surface area (Å²) in [6.45, 7) is 7.42. The van der Waals surface area contributed by atoms with Crippen LogP contribution >= 0.6 is 0 Å². The smallest absolute Gasteiger partial charge is 0.282 e. The number of ether oxygens (including phenoxy) is 3. The van der Waals surface area contributed by atoms with Gasteiger partial charge in [0, 0.05) is 0 Å². The van der Waals surface area contributed by atoms with Crippen LogP contribution in [0, 0.1) is 0 Å². The Kier molecular flexibility index (Phi) is 8.46. The van der Waals surface area contributed by atoms with E-state index in [1.165, 1.54) is 10.6 Å². The van der Waals surface area contributed by atoms with Crippen molar-refractivity contribution in [2.24, 2.45) is 0 Å². The van der Waals surface area contributed by atoms with Crippen LogP contribution in [0.2, 0.25) is 0 Å². The largest absolute Gasteiger partial charge is 0.490 e. The van der Waals surface area contributed by atoms with Gasteiger partial charge in [-0.05, 0) is 72.9 Å². The molecule has 0 aliphatic carbocycles. The van der Waals surface area contributed by atoms with Crippen LogP contribution in [0.15, 0.2) is 78.4 Å². The standard InChI is InChI=1S/C30H32N2O5/c1-4-21(3)23-12-14-25(15-13-23)36-17-18-37-27-16-11-22(20-28(27)35-5-2)19-26-29(33)31-32(30(26)34)24-9-7-6-8-10-24/h6-16,19-21H,4-5,17-18H2,1-3H3,(H,31,33)/b26-19+. The quantitative estimate of drug-likeness (QED) is 0.213. The molecule has 0 bridgehead atoms. The summed E-state index contributed by atoms with van der Waals surface area (Å²) >= 11 is 0. The van der Waals surface area contributed by atoms with Gasteiger partial charge >= 0.3 is 0 Å². The summed E-state index contributed by atoms with van der Waals surface area (Å²) in [5.41, 5.74) is 5.20. The zero-order chi connectivity index (χ0) is 26.2. The number of hydrogen-bond acceptors (Lipinski definition) is 5. The monoisotopic (exact) mass is 500 g/mol. The minimum atomic E-state index is -0.457. The summed E-state index contributed by atoms with van der Waals surface area (Å²) in [5, 5.41) is 1.24. The normalized spacial score (nSPS) is 15.0. The fraction of sp³-hybridized carbons (Fsp3) is 0.267. The molecule has 0 spiro atoms. The molecule has 0 saturated carbocycles. The third kappa shape index (κ3) is 6.30. The van der Waals surface area contributed by atoms with Crippen molar-refractivity contribution in [3.05, 3.63) is 89.5 Å². The van der Waals surface area contributed by atoms with E-state index in [0.717, 1.165) is 12.2 Å². The maximum atomic E-state index is 12.9. The van der Waals surface area contributed by atoms with Gasteiger partial charge in [0.15, 0.2) is 11.5 Å². The topological polar surface area (TPSA) is 77.1 Å². The number of anilines is 1. The Balaban J connectivity index is 1.39. The molecule has 37 heavy (non-hydrogen) atoms. The highest BCUT2D eigenvalue weighted by Crippen LogP contribution is 2.30. The first-order valence-corrected chi connectivity index (χ1v) is 12.5. The highest BCUT2D eigenvalue weighted by atomic mass is 16.5. The molecule has 1 unspecified atom stereocenters. The molecule has 7 nitrogen and oxygen atoms in total. The van der Waals surface area contributed by atoms with Gasteiger partial charge in [0.05, 0.1) is 12.3 Å². The van der Waals surface area contributed by atoms with Gasteiger partial charge < -0.3 is 14.2 Å². The average molecular weight is 501 g/mol. The predicted molar refractivity (Wildman–Crippen MR) is 144 cm³/mol. The fourth-order valence-corrected chi connectivity index (χ4v) is 3.92. The molecular weight excluding hydrogens is 468 g/mol. The highest BCUT2D eigenvalue weighted by molar-refractivity contribution is 6.31. The van der Waals surface area contributed by atoms with E-state index >= 15 is 0 Å². The second-order valence-corrected chi connectivity index (χ2v) is 8.69. The van der Waals surface area contributed by atoms with Crippen LogP contribution in [0.4, 0.5) is 5.69 Å². The molecule has 1 fully saturated rings. The van der Waals surface area contributed by atoms with Crippen molar-refractivity contribution in [1.82, 2.24) is 5.43 Å². The van der Waals surface area contributed by atoms with E-state index in [9.17, 15) is 9.59 Å². The highest BCUT2D eigenvalue weighted by Gasteiger charge is 2.34. The summed E-state index contributed by atoms with van der Waals surface area (Å²) in [4.78, 5) is 25.4. The van der Waals surface area contributed by atoms with E-state index < -0.39 is 11.8 Å². The average Bonchev–Trinajstić information content (AvgIpc) is 3.21. The molecule has 1 atom stereocenters. The number of carbonyl (C=O) groups is 2. The Bertz CT molecular complexity index is 1250. The Hall–Kier alpha value is -4.26. The molecule has 0 aromatic heterocycles. The number of nitrogens with zero attached hydrogens (tertiary/aromatic N) is 1. The molecule has 0 radical (unpaired) electrons. The third-order valence-corrected chi connectivity index (χ3v) is 6.16. The van der Waals surface area contributed by atoms with Gasteiger partial charge in [0.2, 0.25) is 0 Å².